The highest BCUT2D eigenvalue weighted by Gasteiger charge is 2.19. The van der Waals surface area contributed by atoms with E-state index in [-0.39, 0.29) is 11.9 Å². The molecule has 1 atom stereocenters. The maximum atomic E-state index is 11.4. The first kappa shape index (κ1) is 14.6. The molecule has 1 rings (SSSR count). The Labute approximate surface area is 108 Å². The summed E-state index contributed by atoms with van der Waals surface area (Å²) in [5, 5.41) is 7.53. The zero-order valence-electron chi connectivity index (χ0n) is 11.6. The topological polar surface area (TPSA) is 85.8 Å². The Kier molecular flexibility index (Phi) is 5.27. The lowest BCUT2D eigenvalue weighted by Crippen LogP contribution is -2.47. The van der Waals surface area contributed by atoms with E-state index in [1.54, 1.807) is 4.68 Å². The van der Waals surface area contributed by atoms with Crippen molar-refractivity contribution in [1.29, 1.82) is 0 Å². The van der Waals surface area contributed by atoms with Gasteiger partial charge < -0.3 is 11.1 Å². The third-order valence-corrected chi connectivity index (χ3v) is 2.66. The first-order valence-corrected chi connectivity index (χ1v) is 6.45. The standard InChI is InChI=1S/C12H23N5O/c1-5-10-15-11(6-2)17(16-10)7-9(12(13)18)14-8(3)4/h8-9,14H,5-7H2,1-4H3,(H2,13,18). The number of carbonyl (C=O) groups is 1. The van der Waals surface area contributed by atoms with Gasteiger partial charge in [0, 0.05) is 18.9 Å². The third-order valence-electron chi connectivity index (χ3n) is 2.66. The number of rotatable bonds is 7. The van der Waals surface area contributed by atoms with Gasteiger partial charge in [-0.05, 0) is 0 Å². The van der Waals surface area contributed by atoms with Gasteiger partial charge in [-0.25, -0.2) is 9.67 Å². The van der Waals surface area contributed by atoms with E-state index in [4.69, 9.17) is 5.73 Å². The highest BCUT2D eigenvalue weighted by Crippen LogP contribution is 2.03. The molecule has 1 heterocycles. The number of nitrogens with two attached hydrogens (primary N) is 1. The van der Waals surface area contributed by atoms with Gasteiger partial charge in [0.15, 0.2) is 5.82 Å². The molecule has 18 heavy (non-hydrogen) atoms. The number of nitrogens with zero attached hydrogens (tertiary/aromatic N) is 3. The number of carbonyl (C=O) groups excluding carboxylic acids is 1. The summed E-state index contributed by atoms with van der Waals surface area (Å²) in [5.74, 6) is 1.34. The van der Waals surface area contributed by atoms with E-state index in [9.17, 15) is 4.79 Å². The van der Waals surface area contributed by atoms with Crippen molar-refractivity contribution in [3.8, 4) is 0 Å². The second-order valence-electron chi connectivity index (χ2n) is 4.61. The second kappa shape index (κ2) is 6.49. The van der Waals surface area contributed by atoms with Crippen LogP contribution in [0.1, 0.15) is 39.3 Å². The van der Waals surface area contributed by atoms with Crippen molar-refractivity contribution in [2.75, 3.05) is 0 Å². The van der Waals surface area contributed by atoms with Crippen LogP contribution >= 0.6 is 0 Å². The fourth-order valence-corrected chi connectivity index (χ4v) is 1.78. The molecular formula is C12H23N5O. The Morgan fingerprint density at radius 1 is 1.39 bits per heavy atom. The lowest BCUT2D eigenvalue weighted by Gasteiger charge is -2.18. The van der Waals surface area contributed by atoms with Gasteiger partial charge in [-0.3, -0.25) is 4.79 Å². The summed E-state index contributed by atoms with van der Waals surface area (Å²) >= 11 is 0. The van der Waals surface area contributed by atoms with E-state index in [0.29, 0.717) is 6.54 Å². The van der Waals surface area contributed by atoms with E-state index < -0.39 is 6.04 Å². The number of amides is 1. The van der Waals surface area contributed by atoms with Crippen molar-refractivity contribution in [2.24, 2.45) is 5.73 Å². The van der Waals surface area contributed by atoms with Crippen LogP contribution in [0.4, 0.5) is 0 Å². The van der Waals surface area contributed by atoms with Gasteiger partial charge in [0.25, 0.3) is 0 Å². The molecule has 0 fully saturated rings. The molecule has 1 unspecified atom stereocenters. The maximum Gasteiger partial charge on any atom is 0.236 e. The number of nitrogens with one attached hydrogen (secondary N) is 1. The van der Waals surface area contributed by atoms with E-state index in [1.807, 2.05) is 27.7 Å². The van der Waals surface area contributed by atoms with Gasteiger partial charge in [-0.15, -0.1) is 0 Å². The molecule has 0 radical (unpaired) electrons. The van der Waals surface area contributed by atoms with Crippen LogP contribution in [0.15, 0.2) is 0 Å². The molecule has 6 heteroatoms. The van der Waals surface area contributed by atoms with Crippen molar-refractivity contribution in [2.45, 2.75) is 59.2 Å². The highest BCUT2D eigenvalue weighted by molar-refractivity contribution is 5.79. The van der Waals surface area contributed by atoms with E-state index >= 15 is 0 Å². The number of hydrogen-bond donors (Lipinski definition) is 2. The molecule has 1 aromatic heterocycles. The highest BCUT2D eigenvalue weighted by atomic mass is 16.1. The Hall–Kier alpha value is -1.43. The summed E-state index contributed by atoms with van der Waals surface area (Å²) < 4.78 is 1.78. The number of primary amides is 1. The van der Waals surface area contributed by atoms with E-state index in [2.05, 4.69) is 15.4 Å². The molecule has 3 N–H and O–H groups in total. The van der Waals surface area contributed by atoms with Gasteiger partial charge in [0.1, 0.15) is 11.9 Å². The second-order valence-corrected chi connectivity index (χ2v) is 4.61. The van der Waals surface area contributed by atoms with Crippen LogP contribution in [0.3, 0.4) is 0 Å². The molecule has 0 saturated heterocycles. The fraction of sp³-hybridized carbons (Fsp3) is 0.750. The molecule has 6 nitrogen and oxygen atoms in total. The number of aromatic nitrogens is 3. The first-order valence-electron chi connectivity index (χ1n) is 6.45. The predicted molar refractivity (Wildman–Crippen MR) is 70.0 cm³/mol. The Bertz CT molecular complexity index is 399. The van der Waals surface area contributed by atoms with Crippen LogP contribution in [-0.4, -0.2) is 32.8 Å². The zero-order chi connectivity index (χ0) is 13.7. The summed E-state index contributed by atoms with van der Waals surface area (Å²) in [6.45, 7) is 8.43. The largest absolute Gasteiger partial charge is 0.368 e. The van der Waals surface area contributed by atoms with Crippen molar-refractivity contribution in [1.82, 2.24) is 20.1 Å². The minimum Gasteiger partial charge on any atom is -0.368 e. The van der Waals surface area contributed by atoms with Crippen LogP contribution < -0.4 is 11.1 Å². The molecule has 0 spiro atoms. The lowest BCUT2D eigenvalue weighted by molar-refractivity contribution is -0.120. The smallest absolute Gasteiger partial charge is 0.236 e. The SMILES string of the molecule is CCc1nc(CC)n(CC(NC(C)C)C(N)=O)n1. The number of hydrogen-bond acceptors (Lipinski definition) is 4. The minimum absolute atomic E-state index is 0.196. The molecule has 0 aliphatic carbocycles. The van der Waals surface area contributed by atoms with Crippen LogP contribution in [0.2, 0.25) is 0 Å². The van der Waals surface area contributed by atoms with Crippen LogP contribution in [0, 0.1) is 0 Å². The Morgan fingerprint density at radius 2 is 2.06 bits per heavy atom. The molecule has 0 aliphatic heterocycles. The maximum absolute atomic E-state index is 11.4. The summed E-state index contributed by atoms with van der Waals surface area (Å²) in [6.07, 6.45) is 1.58. The van der Waals surface area contributed by atoms with Gasteiger partial charge in [-0.1, -0.05) is 27.7 Å². The van der Waals surface area contributed by atoms with E-state index in [1.165, 1.54) is 0 Å². The fourth-order valence-electron chi connectivity index (χ4n) is 1.78. The molecule has 0 aliphatic rings. The van der Waals surface area contributed by atoms with Crippen molar-refractivity contribution in [3.63, 3.8) is 0 Å². The van der Waals surface area contributed by atoms with Gasteiger partial charge in [0.05, 0.1) is 6.54 Å². The normalized spacial score (nSPS) is 12.9. The van der Waals surface area contributed by atoms with E-state index in [0.717, 1.165) is 24.5 Å². The van der Waals surface area contributed by atoms with Crippen LogP contribution in [-0.2, 0) is 24.2 Å². The quantitative estimate of drug-likeness (QED) is 0.729. The van der Waals surface area contributed by atoms with Crippen molar-refractivity contribution in [3.05, 3.63) is 11.6 Å². The van der Waals surface area contributed by atoms with Crippen molar-refractivity contribution >= 4 is 5.91 Å². The lowest BCUT2D eigenvalue weighted by atomic mass is 10.2. The average molecular weight is 253 g/mol. The monoisotopic (exact) mass is 253 g/mol. The number of aryl methyl sites for hydroxylation is 2. The molecule has 0 saturated carbocycles. The summed E-state index contributed by atoms with van der Waals surface area (Å²) in [6, 6.07) is -0.219. The molecule has 102 valence electrons. The predicted octanol–water partition coefficient (Wildman–Crippen LogP) is 0.255. The molecular weight excluding hydrogens is 230 g/mol. The van der Waals surface area contributed by atoms with Gasteiger partial charge in [0.2, 0.25) is 5.91 Å². The summed E-state index contributed by atoms with van der Waals surface area (Å²) in [5.41, 5.74) is 5.40. The Morgan fingerprint density at radius 3 is 2.50 bits per heavy atom. The van der Waals surface area contributed by atoms with Crippen molar-refractivity contribution < 1.29 is 4.79 Å². The minimum atomic E-state index is -0.415. The summed E-state index contributed by atoms with van der Waals surface area (Å²) in [7, 11) is 0. The van der Waals surface area contributed by atoms with Crippen LogP contribution in [0.5, 0.6) is 0 Å². The zero-order valence-corrected chi connectivity index (χ0v) is 11.6. The molecule has 1 amide bonds. The van der Waals surface area contributed by atoms with Gasteiger partial charge >= 0.3 is 0 Å². The first-order chi connectivity index (χ1) is 8.47. The van der Waals surface area contributed by atoms with Gasteiger partial charge in [-0.2, -0.15) is 5.10 Å². The van der Waals surface area contributed by atoms with Crippen LogP contribution in [0.25, 0.3) is 0 Å². The molecule has 0 aromatic carbocycles. The third kappa shape index (κ3) is 3.80. The Balaban J connectivity index is 2.85. The molecule has 0 bridgehead atoms. The molecule has 1 aromatic rings. The average Bonchev–Trinajstić information content (AvgIpc) is 2.69. The summed E-state index contributed by atoms with van der Waals surface area (Å²) in [4.78, 5) is 15.8.